The van der Waals surface area contributed by atoms with Gasteiger partial charge in [-0.2, -0.15) is 0 Å². The van der Waals surface area contributed by atoms with Crippen molar-refractivity contribution in [2.45, 2.75) is 33.2 Å². The number of nitrogens with one attached hydrogen (secondary N) is 1. The third-order valence-electron chi connectivity index (χ3n) is 3.00. The number of nitrogens with zero attached hydrogens (tertiary/aromatic N) is 1. The van der Waals surface area contributed by atoms with Crippen molar-refractivity contribution >= 4 is 23.3 Å². The zero-order valence-electron chi connectivity index (χ0n) is 10.6. The summed E-state index contributed by atoms with van der Waals surface area (Å²) in [5, 5.41) is 0. The van der Waals surface area contributed by atoms with Crippen LogP contribution >= 0.6 is 12.2 Å². The molecule has 2 rings (SSSR count). The Morgan fingerprint density at radius 1 is 1.28 bits per heavy atom. The van der Waals surface area contributed by atoms with Crippen molar-refractivity contribution in [1.82, 2.24) is 9.55 Å². The fraction of sp³-hybridized carbons (Fsp3) is 0.462. The molecule has 1 N–H and O–H groups in total. The minimum atomic E-state index is -0.605. The van der Waals surface area contributed by atoms with E-state index in [9.17, 15) is 8.78 Å². The average Bonchev–Trinajstić information content (AvgIpc) is 2.53. The van der Waals surface area contributed by atoms with Gasteiger partial charge < -0.3 is 9.55 Å². The van der Waals surface area contributed by atoms with Crippen molar-refractivity contribution in [3.05, 3.63) is 28.5 Å². The predicted octanol–water partition coefficient (Wildman–Crippen LogP) is 4.58. The molecule has 1 unspecified atom stereocenters. The lowest BCUT2D eigenvalue weighted by atomic mass is 10.1. The number of aromatic nitrogens is 2. The molecule has 0 aliphatic rings. The molecule has 0 aliphatic heterocycles. The van der Waals surface area contributed by atoms with E-state index in [0.29, 0.717) is 16.2 Å². The molecule has 1 aromatic heterocycles. The first-order valence-corrected chi connectivity index (χ1v) is 6.40. The van der Waals surface area contributed by atoms with Crippen LogP contribution in [0.1, 0.15) is 33.2 Å². The van der Waals surface area contributed by atoms with Crippen LogP contribution in [0.2, 0.25) is 0 Å². The molecule has 18 heavy (non-hydrogen) atoms. The van der Waals surface area contributed by atoms with Gasteiger partial charge in [-0.15, -0.1) is 0 Å². The monoisotopic (exact) mass is 270 g/mol. The van der Waals surface area contributed by atoms with Crippen molar-refractivity contribution < 1.29 is 8.78 Å². The molecule has 0 aliphatic carbocycles. The molecule has 5 heteroatoms. The van der Waals surface area contributed by atoms with Gasteiger partial charge in [0, 0.05) is 12.1 Å². The van der Waals surface area contributed by atoms with Crippen molar-refractivity contribution in [3.8, 4) is 0 Å². The number of fused-ring (bicyclic) bond motifs is 1. The highest BCUT2D eigenvalue weighted by atomic mass is 32.1. The Morgan fingerprint density at radius 3 is 2.56 bits per heavy atom. The summed E-state index contributed by atoms with van der Waals surface area (Å²) in [6.45, 7) is 6.22. The Hall–Kier alpha value is -1.23. The van der Waals surface area contributed by atoms with Crippen LogP contribution in [0.3, 0.4) is 0 Å². The molecule has 0 spiro atoms. The van der Waals surface area contributed by atoms with Gasteiger partial charge in [-0.05, 0) is 37.5 Å². The summed E-state index contributed by atoms with van der Waals surface area (Å²) in [5.41, 5.74) is 0.766. The van der Waals surface area contributed by atoms with Crippen LogP contribution in [-0.2, 0) is 0 Å². The number of rotatable bonds is 3. The van der Waals surface area contributed by atoms with E-state index in [1.165, 1.54) is 6.07 Å². The van der Waals surface area contributed by atoms with Crippen LogP contribution in [0.5, 0.6) is 0 Å². The van der Waals surface area contributed by atoms with Gasteiger partial charge in [-0.1, -0.05) is 13.8 Å². The van der Waals surface area contributed by atoms with Gasteiger partial charge in [0.25, 0.3) is 0 Å². The summed E-state index contributed by atoms with van der Waals surface area (Å²) < 4.78 is 29.2. The fourth-order valence-electron chi connectivity index (χ4n) is 2.38. The second-order valence-corrected chi connectivity index (χ2v) is 5.45. The third kappa shape index (κ3) is 2.32. The van der Waals surface area contributed by atoms with Gasteiger partial charge in [0.05, 0.1) is 5.52 Å². The van der Waals surface area contributed by atoms with E-state index in [-0.39, 0.29) is 11.6 Å². The maximum absolute atomic E-state index is 13.6. The summed E-state index contributed by atoms with van der Waals surface area (Å²) in [4.78, 5) is 2.81. The van der Waals surface area contributed by atoms with Crippen LogP contribution in [-0.4, -0.2) is 9.55 Å². The molecule has 0 amide bonds. The van der Waals surface area contributed by atoms with Crippen molar-refractivity contribution in [2.75, 3.05) is 0 Å². The van der Waals surface area contributed by atoms with Gasteiger partial charge in [-0.25, -0.2) is 8.78 Å². The highest BCUT2D eigenvalue weighted by molar-refractivity contribution is 7.71. The van der Waals surface area contributed by atoms with E-state index < -0.39 is 11.6 Å². The highest BCUT2D eigenvalue weighted by Gasteiger charge is 2.15. The average molecular weight is 270 g/mol. The SMILES string of the molecule is CC(C)CC(C)n1c(=S)[nH]c2c(F)cc(F)cc21. The van der Waals surface area contributed by atoms with E-state index in [1.54, 1.807) is 4.57 Å². The minimum Gasteiger partial charge on any atom is -0.328 e. The third-order valence-corrected chi connectivity index (χ3v) is 3.30. The van der Waals surface area contributed by atoms with Gasteiger partial charge in [-0.3, -0.25) is 0 Å². The molecule has 1 aromatic carbocycles. The van der Waals surface area contributed by atoms with E-state index >= 15 is 0 Å². The van der Waals surface area contributed by atoms with Gasteiger partial charge in [0.1, 0.15) is 11.3 Å². The lowest BCUT2D eigenvalue weighted by Crippen LogP contribution is -2.08. The number of imidazole rings is 1. The quantitative estimate of drug-likeness (QED) is 0.809. The van der Waals surface area contributed by atoms with E-state index in [0.717, 1.165) is 12.5 Å². The molecule has 0 fully saturated rings. The second-order valence-electron chi connectivity index (χ2n) is 5.06. The Bertz CT molecular complexity index is 628. The largest absolute Gasteiger partial charge is 0.328 e. The maximum atomic E-state index is 13.6. The maximum Gasteiger partial charge on any atom is 0.178 e. The predicted molar refractivity (Wildman–Crippen MR) is 71.2 cm³/mol. The zero-order valence-corrected chi connectivity index (χ0v) is 11.4. The number of hydrogen-bond acceptors (Lipinski definition) is 1. The first-order chi connectivity index (χ1) is 8.40. The Balaban J connectivity index is 2.63. The molecule has 0 saturated carbocycles. The normalized spacial score (nSPS) is 13.4. The van der Waals surface area contributed by atoms with Crippen LogP contribution in [0, 0.1) is 22.3 Å². The zero-order chi connectivity index (χ0) is 13.4. The topological polar surface area (TPSA) is 20.7 Å². The van der Waals surface area contributed by atoms with Gasteiger partial charge >= 0.3 is 0 Å². The van der Waals surface area contributed by atoms with Crippen molar-refractivity contribution in [3.63, 3.8) is 0 Å². The van der Waals surface area contributed by atoms with Crippen molar-refractivity contribution in [1.29, 1.82) is 0 Å². The van der Waals surface area contributed by atoms with Crippen LogP contribution < -0.4 is 0 Å². The fourth-order valence-corrected chi connectivity index (χ4v) is 2.76. The smallest absolute Gasteiger partial charge is 0.178 e. The summed E-state index contributed by atoms with van der Waals surface area (Å²) in [5.74, 6) is -0.698. The molecular weight excluding hydrogens is 254 g/mol. The molecule has 2 nitrogen and oxygen atoms in total. The van der Waals surface area contributed by atoms with E-state index in [2.05, 4.69) is 18.8 Å². The van der Waals surface area contributed by atoms with Crippen LogP contribution in [0.25, 0.3) is 11.0 Å². The first-order valence-electron chi connectivity index (χ1n) is 5.99. The standard InChI is InChI=1S/C13H16F2N2S/c1-7(2)4-8(3)17-11-6-9(14)5-10(15)12(11)16-13(17)18/h5-8H,4H2,1-3H3,(H,16,18). The lowest BCUT2D eigenvalue weighted by Gasteiger charge is -2.16. The summed E-state index contributed by atoms with van der Waals surface area (Å²) in [7, 11) is 0. The number of hydrogen-bond donors (Lipinski definition) is 1. The number of H-pyrrole nitrogens is 1. The van der Waals surface area contributed by atoms with Crippen LogP contribution in [0.15, 0.2) is 12.1 Å². The minimum absolute atomic E-state index is 0.104. The van der Waals surface area contributed by atoms with Gasteiger partial charge in [0.2, 0.25) is 0 Å². The molecule has 0 bridgehead atoms. The second kappa shape index (κ2) is 4.80. The molecule has 0 radical (unpaired) electrons. The first kappa shape index (κ1) is 13.2. The molecule has 98 valence electrons. The summed E-state index contributed by atoms with van der Waals surface area (Å²) in [6.07, 6.45) is 0.902. The Labute approximate surface area is 110 Å². The molecule has 1 heterocycles. The van der Waals surface area contributed by atoms with E-state index in [4.69, 9.17) is 12.2 Å². The Kier molecular flexibility index (Phi) is 3.52. The lowest BCUT2D eigenvalue weighted by molar-refractivity contribution is 0.432. The molecule has 0 saturated heterocycles. The number of aromatic amines is 1. The molecule has 2 aromatic rings. The molecule has 1 atom stereocenters. The Morgan fingerprint density at radius 2 is 1.94 bits per heavy atom. The molecular formula is C13H16F2N2S. The van der Waals surface area contributed by atoms with Crippen molar-refractivity contribution in [2.24, 2.45) is 5.92 Å². The van der Waals surface area contributed by atoms with Gasteiger partial charge in [0.15, 0.2) is 10.6 Å². The van der Waals surface area contributed by atoms with Crippen LogP contribution in [0.4, 0.5) is 8.78 Å². The summed E-state index contributed by atoms with van der Waals surface area (Å²) >= 11 is 5.20. The summed E-state index contributed by atoms with van der Waals surface area (Å²) in [6, 6.07) is 2.29. The number of benzene rings is 1. The number of halogens is 2. The highest BCUT2D eigenvalue weighted by Crippen LogP contribution is 2.26. The van der Waals surface area contributed by atoms with E-state index in [1.807, 2.05) is 6.92 Å².